The Balaban J connectivity index is 1.97. The van der Waals surface area contributed by atoms with E-state index in [0.29, 0.717) is 5.69 Å². The van der Waals surface area contributed by atoms with Gasteiger partial charge in [-0.15, -0.1) is 0 Å². The zero-order chi connectivity index (χ0) is 20.0. The van der Waals surface area contributed by atoms with E-state index in [1.54, 1.807) is 12.1 Å². The number of carbonyl (C=O) groups excluding carboxylic acids is 1. The molecule has 2 aromatic rings. The third-order valence-electron chi connectivity index (χ3n) is 3.71. The van der Waals surface area contributed by atoms with Crippen molar-refractivity contribution >= 4 is 28.9 Å². The number of alkyl halides is 3. The number of nitrogens with zero attached hydrogens (tertiary/aromatic N) is 1. The van der Waals surface area contributed by atoms with Gasteiger partial charge in [-0.05, 0) is 42.8 Å². The first-order chi connectivity index (χ1) is 12.7. The lowest BCUT2D eigenvalue weighted by Crippen LogP contribution is -2.35. The first kappa shape index (κ1) is 20.9. The van der Waals surface area contributed by atoms with Crippen LogP contribution in [0.15, 0.2) is 28.7 Å². The lowest BCUT2D eigenvalue weighted by molar-refractivity contribution is -0.153. The summed E-state index contributed by atoms with van der Waals surface area (Å²) in [5.41, 5.74) is 0.944. The Kier molecular flexibility index (Phi) is 6.95. The molecule has 0 radical (unpaired) electrons. The second kappa shape index (κ2) is 8.98. The summed E-state index contributed by atoms with van der Waals surface area (Å²) in [5.74, 6) is -2.80. The van der Waals surface area contributed by atoms with Gasteiger partial charge in [0.2, 0.25) is 5.76 Å². The third-order valence-corrected chi connectivity index (χ3v) is 3.92. The SMILES string of the molecule is CCCCCc1ccc(NC(=S)NC(=O)c2nc(C)oc2C(F)(F)F)cc1. The van der Waals surface area contributed by atoms with E-state index in [-0.39, 0.29) is 11.0 Å². The highest BCUT2D eigenvalue weighted by Gasteiger charge is 2.41. The molecule has 0 bridgehead atoms. The van der Waals surface area contributed by atoms with E-state index in [1.165, 1.54) is 12.5 Å². The molecule has 0 saturated carbocycles. The van der Waals surface area contributed by atoms with Crippen LogP contribution in [0.25, 0.3) is 0 Å². The summed E-state index contributed by atoms with van der Waals surface area (Å²) in [6, 6.07) is 7.46. The highest BCUT2D eigenvalue weighted by atomic mass is 32.1. The quantitative estimate of drug-likeness (QED) is 0.536. The van der Waals surface area contributed by atoms with Crippen LogP contribution >= 0.6 is 12.2 Å². The van der Waals surface area contributed by atoms with Crippen molar-refractivity contribution in [1.82, 2.24) is 10.3 Å². The summed E-state index contributed by atoms with van der Waals surface area (Å²) in [6.45, 7) is 3.37. The highest BCUT2D eigenvalue weighted by molar-refractivity contribution is 7.80. The molecule has 146 valence electrons. The van der Waals surface area contributed by atoms with Gasteiger partial charge in [-0.2, -0.15) is 13.2 Å². The Morgan fingerprint density at radius 2 is 1.89 bits per heavy atom. The van der Waals surface area contributed by atoms with Crippen LogP contribution in [-0.4, -0.2) is 16.0 Å². The molecule has 2 N–H and O–H groups in total. The normalized spacial score (nSPS) is 11.3. The Bertz CT molecular complexity index is 801. The number of carbonyl (C=O) groups is 1. The zero-order valence-corrected chi connectivity index (χ0v) is 15.8. The molecule has 0 fully saturated rings. The summed E-state index contributed by atoms with van der Waals surface area (Å²) >= 11 is 4.99. The van der Waals surface area contributed by atoms with E-state index >= 15 is 0 Å². The predicted molar refractivity (Wildman–Crippen MR) is 99.6 cm³/mol. The maximum absolute atomic E-state index is 12.9. The molecule has 1 heterocycles. The molecule has 9 heteroatoms. The molecule has 1 aromatic carbocycles. The third kappa shape index (κ3) is 6.06. The van der Waals surface area contributed by atoms with Gasteiger partial charge in [0.15, 0.2) is 16.7 Å². The van der Waals surface area contributed by atoms with Crippen molar-refractivity contribution in [2.75, 3.05) is 5.32 Å². The number of anilines is 1. The number of hydrogen-bond donors (Lipinski definition) is 2. The van der Waals surface area contributed by atoms with Crippen molar-refractivity contribution in [3.05, 3.63) is 47.2 Å². The number of unbranched alkanes of at least 4 members (excludes halogenated alkanes) is 2. The number of oxazole rings is 1. The number of rotatable bonds is 6. The van der Waals surface area contributed by atoms with Crippen molar-refractivity contribution in [2.24, 2.45) is 0 Å². The average molecular weight is 399 g/mol. The first-order valence-electron chi connectivity index (χ1n) is 8.46. The minimum Gasteiger partial charge on any atom is -0.436 e. The molecule has 2 rings (SSSR count). The van der Waals surface area contributed by atoms with Crippen LogP contribution in [-0.2, 0) is 12.6 Å². The highest BCUT2D eigenvalue weighted by Crippen LogP contribution is 2.32. The number of nitrogens with one attached hydrogen (secondary N) is 2. The van der Waals surface area contributed by atoms with Gasteiger partial charge in [0, 0.05) is 12.6 Å². The van der Waals surface area contributed by atoms with Gasteiger partial charge in [0.05, 0.1) is 0 Å². The largest absolute Gasteiger partial charge is 0.452 e. The fraction of sp³-hybridized carbons (Fsp3) is 0.389. The van der Waals surface area contributed by atoms with Gasteiger partial charge in [0.25, 0.3) is 5.91 Å². The van der Waals surface area contributed by atoms with Crippen molar-refractivity contribution in [1.29, 1.82) is 0 Å². The average Bonchev–Trinajstić information content (AvgIpc) is 2.99. The first-order valence-corrected chi connectivity index (χ1v) is 8.87. The molecule has 0 unspecified atom stereocenters. The summed E-state index contributed by atoms with van der Waals surface area (Å²) < 4.78 is 43.2. The Morgan fingerprint density at radius 3 is 2.48 bits per heavy atom. The minimum atomic E-state index is -4.82. The van der Waals surface area contributed by atoms with Crippen LogP contribution in [0.1, 0.15) is 53.9 Å². The number of amides is 1. The van der Waals surface area contributed by atoms with E-state index in [2.05, 4.69) is 27.0 Å². The van der Waals surface area contributed by atoms with Crippen LogP contribution < -0.4 is 10.6 Å². The minimum absolute atomic E-state index is 0.132. The lowest BCUT2D eigenvalue weighted by atomic mass is 10.1. The zero-order valence-electron chi connectivity index (χ0n) is 14.9. The molecule has 0 aliphatic carbocycles. The van der Waals surface area contributed by atoms with Crippen molar-refractivity contribution < 1.29 is 22.4 Å². The summed E-state index contributed by atoms with van der Waals surface area (Å²) in [5, 5.41) is 4.82. The van der Waals surface area contributed by atoms with E-state index in [0.717, 1.165) is 25.7 Å². The molecule has 0 spiro atoms. The second-order valence-electron chi connectivity index (χ2n) is 5.97. The monoisotopic (exact) mass is 399 g/mol. The van der Waals surface area contributed by atoms with Crippen LogP contribution in [0.3, 0.4) is 0 Å². The number of hydrogen-bond acceptors (Lipinski definition) is 4. The molecule has 27 heavy (non-hydrogen) atoms. The molecular weight excluding hydrogens is 379 g/mol. The number of benzene rings is 1. The Labute approximate surface area is 160 Å². The molecule has 1 aromatic heterocycles. The summed E-state index contributed by atoms with van der Waals surface area (Å²) in [6.07, 6.45) is -0.430. The van der Waals surface area contributed by atoms with Gasteiger partial charge < -0.3 is 9.73 Å². The van der Waals surface area contributed by atoms with Gasteiger partial charge in [-0.3, -0.25) is 10.1 Å². The number of thiocarbonyl (C=S) groups is 1. The standard InChI is InChI=1S/C18H20F3N3O2S/c1-3-4-5-6-12-7-9-13(10-8-12)23-17(27)24-16(25)14-15(18(19,20)21)26-11(2)22-14/h7-10H,3-6H2,1-2H3,(H2,23,24,25,27). The molecule has 1 amide bonds. The molecule has 0 saturated heterocycles. The number of aromatic nitrogens is 1. The fourth-order valence-electron chi connectivity index (χ4n) is 2.43. The van der Waals surface area contributed by atoms with Crippen LogP contribution in [0.4, 0.5) is 18.9 Å². The van der Waals surface area contributed by atoms with Gasteiger partial charge in [-0.1, -0.05) is 31.9 Å². The van der Waals surface area contributed by atoms with Crippen LogP contribution in [0.5, 0.6) is 0 Å². The Morgan fingerprint density at radius 1 is 1.22 bits per heavy atom. The fourth-order valence-corrected chi connectivity index (χ4v) is 2.64. The van der Waals surface area contributed by atoms with E-state index in [9.17, 15) is 18.0 Å². The molecule has 0 aliphatic heterocycles. The maximum atomic E-state index is 12.9. The van der Waals surface area contributed by atoms with Crippen molar-refractivity contribution in [2.45, 2.75) is 45.7 Å². The van der Waals surface area contributed by atoms with Crippen molar-refractivity contribution in [3.8, 4) is 0 Å². The number of aryl methyl sites for hydroxylation is 2. The number of halogens is 3. The summed E-state index contributed by atoms with van der Waals surface area (Å²) in [4.78, 5) is 15.6. The van der Waals surface area contributed by atoms with Gasteiger partial charge >= 0.3 is 6.18 Å². The molecule has 5 nitrogen and oxygen atoms in total. The van der Waals surface area contributed by atoms with Gasteiger partial charge in [0.1, 0.15) is 0 Å². The van der Waals surface area contributed by atoms with E-state index < -0.39 is 23.5 Å². The molecule has 0 atom stereocenters. The van der Waals surface area contributed by atoms with Crippen LogP contribution in [0, 0.1) is 6.92 Å². The molecular formula is C18H20F3N3O2S. The van der Waals surface area contributed by atoms with Crippen LogP contribution in [0.2, 0.25) is 0 Å². The van der Waals surface area contributed by atoms with Crippen molar-refractivity contribution in [3.63, 3.8) is 0 Å². The summed E-state index contributed by atoms with van der Waals surface area (Å²) in [7, 11) is 0. The van der Waals surface area contributed by atoms with Gasteiger partial charge in [-0.25, -0.2) is 4.98 Å². The smallest absolute Gasteiger partial charge is 0.436 e. The van der Waals surface area contributed by atoms with E-state index in [1.807, 2.05) is 12.1 Å². The second-order valence-corrected chi connectivity index (χ2v) is 6.38. The maximum Gasteiger partial charge on any atom is 0.452 e. The topological polar surface area (TPSA) is 67.2 Å². The predicted octanol–water partition coefficient (Wildman–Crippen LogP) is 4.86. The Hall–Kier alpha value is -2.42. The molecule has 0 aliphatic rings. The van der Waals surface area contributed by atoms with E-state index in [4.69, 9.17) is 12.2 Å². The lowest BCUT2D eigenvalue weighted by Gasteiger charge is -2.10.